The zero-order valence-electron chi connectivity index (χ0n) is 20.0. The van der Waals surface area contributed by atoms with E-state index in [2.05, 4.69) is 39.5 Å². The average molecular weight is 531 g/mol. The Labute approximate surface area is 210 Å². The lowest BCUT2D eigenvalue weighted by Gasteiger charge is -2.57. The van der Waals surface area contributed by atoms with E-state index in [0.717, 1.165) is 49.9 Å². The summed E-state index contributed by atoms with van der Waals surface area (Å²) in [6, 6.07) is 1.55. The SMILES string of the molecule is CC1(C)[C@H]2CC=C(CN3CCC(Nc4nc(-c5cc(C(F)(F)F)cc(C(F)(F)F)c5)ns4)CC3)[C@@H]1C2. The summed E-state index contributed by atoms with van der Waals surface area (Å²) >= 11 is 0.942. The molecular formula is C25H28F6N4S. The van der Waals surface area contributed by atoms with Crippen molar-refractivity contribution in [2.45, 2.75) is 57.9 Å². The van der Waals surface area contributed by atoms with Gasteiger partial charge in [-0.25, -0.2) is 0 Å². The number of nitrogens with zero attached hydrogens (tertiary/aromatic N) is 3. The van der Waals surface area contributed by atoms with Crippen LogP contribution in [0.15, 0.2) is 29.8 Å². The normalized spacial score (nSPS) is 24.8. The van der Waals surface area contributed by atoms with E-state index in [0.29, 0.717) is 28.6 Å². The molecule has 0 radical (unpaired) electrons. The summed E-state index contributed by atoms with van der Waals surface area (Å²) in [7, 11) is 0. The van der Waals surface area contributed by atoms with E-state index in [1.807, 2.05) is 0 Å². The molecule has 1 saturated carbocycles. The lowest BCUT2D eigenvalue weighted by Crippen LogP contribution is -2.50. The largest absolute Gasteiger partial charge is 0.416 e. The molecule has 11 heteroatoms. The van der Waals surface area contributed by atoms with E-state index >= 15 is 0 Å². The molecule has 0 unspecified atom stereocenters. The van der Waals surface area contributed by atoms with Crippen molar-refractivity contribution >= 4 is 16.7 Å². The Bertz CT molecular complexity index is 1110. The van der Waals surface area contributed by atoms with Gasteiger partial charge in [-0.15, -0.1) is 0 Å². The monoisotopic (exact) mass is 530 g/mol. The van der Waals surface area contributed by atoms with Gasteiger partial charge < -0.3 is 5.32 Å². The van der Waals surface area contributed by atoms with E-state index in [1.165, 1.54) is 12.8 Å². The number of halogens is 6. The molecule has 2 atom stereocenters. The maximum Gasteiger partial charge on any atom is 0.416 e. The minimum absolute atomic E-state index is 0.108. The van der Waals surface area contributed by atoms with Crippen molar-refractivity contribution in [1.29, 1.82) is 0 Å². The number of nitrogens with one attached hydrogen (secondary N) is 1. The van der Waals surface area contributed by atoms with Crippen LogP contribution in [0.1, 0.15) is 50.7 Å². The Morgan fingerprint density at radius 1 is 1.03 bits per heavy atom. The first-order valence-corrected chi connectivity index (χ1v) is 12.9. The maximum atomic E-state index is 13.2. The van der Waals surface area contributed by atoms with E-state index in [9.17, 15) is 26.3 Å². The molecule has 0 spiro atoms. The molecule has 196 valence electrons. The number of hydrogen-bond acceptors (Lipinski definition) is 5. The molecule has 4 nitrogen and oxygen atoms in total. The van der Waals surface area contributed by atoms with Crippen molar-refractivity contribution in [3.63, 3.8) is 0 Å². The van der Waals surface area contributed by atoms with Gasteiger partial charge in [0.05, 0.1) is 11.1 Å². The van der Waals surface area contributed by atoms with Crippen LogP contribution in [-0.2, 0) is 12.4 Å². The summed E-state index contributed by atoms with van der Waals surface area (Å²) in [5.41, 5.74) is -1.10. The lowest BCUT2D eigenvalue weighted by molar-refractivity contribution is -0.143. The van der Waals surface area contributed by atoms with Gasteiger partial charge >= 0.3 is 12.4 Å². The van der Waals surface area contributed by atoms with Crippen LogP contribution in [0.2, 0.25) is 0 Å². The quantitative estimate of drug-likeness (QED) is 0.330. The summed E-state index contributed by atoms with van der Waals surface area (Å²) in [5, 5.41) is 3.67. The summed E-state index contributed by atoms with van der Waals surface area (Å²) in [4.78, 5) is 6.67. The summed E-state index contributed by atoms with van der Waals surface area (Å²) in [6.45, 7) is 7.57. The summed E-state index contributed by atoms with van der Waals surface area (Å²) < 4.78 is 83.1. The smallest absolute Gasteiger partial charge is 0.357 e. The number of benzene rings is 1. The van der Waals surface area contributed by atoms with E-state index in [4.69, 9.17) is 0 Å². The van der Waals surface area contributed by atoms with Crippen LogP contribution in [0.5, 0.6) is 0 Å². The number of piperidine rings is 1. The van der Waals surface area contributed by atoms with Crippen LogP contribution >= 0.6 is 11.5 Å². The topological polar surface area (TPSA) is 41.0 Å². The average Bonchev–Trinajstić information content (AvgIpc) is 3.27. The Hall–Kier alpha value is -2.14. The van der Waals surface area contributed by atoms with Crippen molar-refractivity contribution < 1.29 is 26.3 Å². The third-order valence-electron chi connectivity index (χ3n) is 8.18. The van der Waals surface area contributed by atoms with Gasteiger partial charge in [0.1, 0.15) is 0 Å². The highest BCUT2D eigenvalue weighted by Gasteiger charge is 2.51. The van der Waals surface area contributed by atoms with Gasteiger partial charge in [-0.3, -0.25) is 4.90 Å². The molecule has 2 bridgehead atoms. The number of fused-ring (bicyclic) bond motifs is 1. The number of likely N-dealkylation sites (tertiary alicyclic amines) is 1. The molecule has 2 aromatic rings. The number of alkyl halides is 6. The first-order chi connectivity index (χ1) is 16.8. The summed E-state index contributed by atoms with van der Waals surface area (Å²) in [5.74, 6) is 1.34. The van der Waals surface area contributed by atoms with Gasteiger partial charge in [-0.1, -0.05) is 25.5 Å². The molecule has 4 aliphatic rings. The van der Waals surface area contributed by atoms with Crippen LogP contribution in [-0.4, -0.2) is 39.9 Å². The second-order valence-electron chi connectivity index (χ2n) is 10.7. The Kier molecular flexibility index (Phi) is 6.38. The number of hydrogen-bond donors (Lipinski definition) is 1. The first kappa shape index (κ1) is 25.5. The number of anilines is 1. The third kappa shape index (κ3) is 5.01. The molecule has 1 aromatic heterocycles. The van der Waals surface area contributed by atoms with Gasteiger partial charge in [0, 0.05) is 42.8 Å². The first-order valence-electron chi connectivity index (χ1n) is 12.1. The zero-order chi connectivity index (χ0) is 25.9. The van der Waals surface area contributed by atoms with Crippen LogP contribution in [0, 0.1) is 17.3 Å². The van der Waals surface area contributed by atoms with Crippen molar-refractivity contribution in [1.82, 2.24) is 14.3 Å². The third-order valence-corrected chi connectivity index (χ3v) is 8.82. The highest BCUT2D eigenvalue weighted by atomic mass is 32.1. The molecule has 1 saturated heterocycles. The van der Waals surface area contributed by atoms with E-state index < -0.39 is 23.5 Å². The van der Waals surface area contributed by atoms with Crippen molar-refractivity contribution in [3.8, 4) is 11.4 Å². The fourth-order valence-corrected chi connectivity index (χ4v) is 6.47. The minimum atomic E-state index is -4.91. The molecule has 1 N–H and O–H groups in total. The Morgan fingerprint density at radius 3 is 2.22 bits per heavy atom. The highest BCUT2D eigenvalue weighted by Crippen LogP contribution is 2.59. The molecule has 6 rings (SSSR count). The molecule has 1 aliphatic heterocycles. The molecule has 2 heterocycles. The van der Waals surface area contributed by atoms with Gasteiger partial charge in [0.2, 0.25) is 5.13 Å². The second kappa shape index (κ2) is 9.01. The van der Waals surface area contributed by atoms with Crippen molar-refractivity contribution in [2.75, 3.05) is 25.0 Å². The van der Waals surface area contributed by atoms with Gasteiger partial charge in [-0.2, -0.15) is 35.7 Å². The van der Waals surface area contributed by atoms with Crippen LogP contribution in [0.4, 0.5) is 31.5 Å². The molecule has 2 fully saturated rings. The summed E-state index contributed by atoms with van der Waals surface area (Å²) in [6.07, 6.45) is -3.18. The van der Waals surface area contributed by atoms with Crippen LogP contribution in [0.25, 0.3) is 11.4 Å². The lowest BCUT2D eigenvalue weighted by atomic mass is 9.49. The zero-order valence-corrected chi connectivity index (χ0v) is 20.8. The molecular weight excluding hydrogens is 502 g/mol. The van der Waals surface area contributed by atoms with Gasteiger partial charge in [-0.05, 0) is 61.1 Å². The Balaban J connectivity index is 1.21. The fraction of sp³-hybridized carbons (Fsp3) is 0.600. The van der Waals surface area contributed by atoms with Gasteiger partial charge in [0.25, 0.3) is 0 Å². The molecule has 1 aromatic carbocycles. The van der Waals surface area contributed by atoms with E-state index in [1.54, 1.807) is 5.57 Å². The van der Waals surface area contributed by atoms with Crippen LogP contribution in [0.3, 0.4) is 0 Å². The highest BCUT2D eigenvalue weighted by molar-refractivity contribution is 7.09. The molecule has 3 aliphatic carbocycles. The molecule has 0 amide bonds. The predicted molar refractivity (Wildman–Crippen MR) is 127 cm³/mol. The number of aromatic nitrogens is 2. The van der Waals surface area contributed by atoms with E-state index in [-0.39, 0.29) is 23.5 Å². The fourth-order valence-electron chi connectivity index (χ4n) is 5.81. The van der Waals surface area contributed by atoms with Crippen molar-refractivity contribution in [3.05, 3.63) is 41.0 Å². The predicted octanol–water partition coefficient (Wildman–Crippen LogP) is 7.11. The number of allylic oxidation sites excluding steroid dienone is 1. The Morgan fingerprint density at radius 2 is 1.67 bits per heavy atom. The minimum Gasteiger partial charge on any atom is -0.357 e. The van der Waals surface area contributed by atoms with Crippen molar-refractivity contribution in [2.24, 2.45) is 17.3 Å². The molecule has 36 heavy (non-hydrogen) atoms. The number of rotatable bonds is 5. The standard InChI is InChI=1S/C25H28F6N4S/c1-23(2)16-4-3-14(20(23)12-16)13-35-7-5-19(6-8-35)32-22-33-21(34-36-22)15-9-17(24(26,27)28)11-18(10-15)25(29,30)31/h3,9-11,16,19-20H,4-8,12-13H2,1-2H3,(H,32,33,34)/t16-,20-/m0/s1. The van der Waals surface area contributed by atoms with Gasteiger partial charge in [0.15, 0.2) is 5.82 Å². The second-order valence-corrected chi connectivity index (χ2v) is 11.5. The maximum absolute atomic E-state index is 13.2. The van der Waals surface area contributed by atoms with Crippen LogP contribution < -0.4 is 5.32 Å².